The van der Waals surface area contributed by atoms with E-state index in [4.69, 9.17) is 15.2 Å². The summed E-state index contributed by atoms with van der Waals surface area (Å²) in [5, 5.41) is 2.89. The van der Waals surface area contributed by atoms with Crippen molar-refractivity contribution in [2.75, 3.05) is 32.3 Å². The Kier molecular flexibility index (Phi) is 8.12. The number of rotatable bonds is 6. The van der Waals surface area contributed by atoms with Crippen molar-refractivity contribution in [3.8, 4) is 11.5 Å². The summed E-state index contributed by atoms with van der Waals surface area (Å²) < 4.78 is 32.6. The number of anilines is 1. The number of benzene rings is 1. The molecule has 0 aromatic heterocycles. The molecule has 0 saturated carbocycles. The zero-order chi connectivity index (χ0) is 17.0. The third-order valence-electron chi connectivity index (χ3n) is 3.29. The van der Waals surface area contributed by atoms with E-state index in [1.165, 1.54) is 13.4 Å². The van der Waals surface area contributed by atoms with Gasteiger partial charge in [-0.05, 0) is 26.0 Å². The van der Waals surface area contributed by atoms with Crippen molar-refractivity contribution in [1.82, 2.24) is 0 Å². The van der Waals surface area contributed by atoms with E-state index in [0.29, 0.717) is 17.2 Å². The third kappa shape index (κ3) is 6.05. The number of nitrogens with one attached hydrogen (secondary N) is 1. The Hall–Kier alpha value is -1.23. The maximum absolute atomic E-state index is 11.6. The molecule has 9 heteroatoms. The number of ether oxygens (including phenoxy) is 2. The lowest BCUT2D eigenvalue weighted by molar-refractivity contribution is 0.355. The highest BCUT2D eigenvalue weighted by Crippen LogP contribution is 2.29. The van der Waals surface area contributed by atoms with E-state index in [2.05, 4.69) is 10.3 Å². The van der Waals surface area contributed by atoms with Gasteiger partial charge in [-0.1, -0.05) is 0 Å². The monoisotopic (exact) mass is 457 g/mol. The smallest absolute Gasteiger partial charge is 0.193 e. The predicted octanol–water partition coefficient (Wildman–Crippen LogP) is 1.87. The van der Waals surface area contributed by atoms with Crippen LogP contribution in [0.4, 0.5) is 5.69 Å². The molecule has 0 aliphatic carbocycles. The third-order valence-corrected chi connectivity index (χ3v) is 5.43. The molecule has 0 atom stereocenters. The summed E-state index contributed by atoms with van der Waals surface area (Å²) in [4.78, 5) is 4.09. The van der Waals surface area contributed by atoms with E-state index in [1.54, 1.807) is 39.2 Å². The molecule has 7 nitrogen and oxygen atoms in total. The fourth-order valence-electron chi connectivity index (χ4n) is 1.49. The first-order valence-electron chi connectivity index (χ1n) is 6.59. The standard InChI is InChI=1S/C14H23N3O4S.HI/c1-14(2,22(5,18)19)9-16-13(15)17-10-6-7-11(20-3)12(8-10)21-4;/h6-8H,9H2,1-5H3,(H3,15,16,17);1H. The first-order valence-corrected chi connectivity index (χ1v) is 8.48. The van der Waals surface area contributed by atoms with Crippen LogP contribution in [0.1, 0.15) is 13.8 Å². The highest BCUT2D eigenvalue weighted by Gasteiger charge is 2.29. The number of halogens is 1. The van der Waals surface area contributed by atoms with E-state index in [9.17, 15) is 8.42 Å². The maximum Gasteiger partial charge on any atom is 0.193 e. The molecule has 1 aromatic carbocycles. The van der Waals surface area contributed by atoms with Crippen LogP contribution in [0.2, 0.25) is 0 Å². The first kappa shape index (κ1) is 21.8. The molecular weight excluding hydrogens is 433 g/mol. The van der Waals surface area contributed by atoms with E-state index in [1.807, 2.05) is 0 Å². The summed E-state index contributed by atoms with van der Waals surface area (Å²) in [6.45, 7) is 3.28. The van der Waals surface area contributed by atoms with Crippen LogP contribution < -0.4 is 20.5 Å². The van der Waals surface area contributed by atoms with Crippen molar-refractivity contribution < 1.29 is 17.9 Å². The molecular formula is C14H24IN3O4S. The normalized spacial score (nSPS) is 12.3. The van der Waals surface area contributed by atoms with E-state index >= 15 is 0 Å². The number of nitrogens with zero attached hydrogens (tertiary/aromatic N) is 1. The van der Waals surface area contributed by atoms with Crippen molar-refractivity contribution in [2.45, 2.75) is 18.6 Å². The molecule has 0 heterocycles. The highest BCUT2D eigenvalue weighted by molar-refractivity contribution is 14.0. The van der Waals surface area contributed by atoms with Gasteiger partial charge in [0.25, 0.3) is 0 Å². The molecule has 1 aromatic rings. The van der Waals surface area contributed by atoms with Crippen LogP contribution >= 0.6 is 24.0 Å². The first-order chi connectivity index (χ1) is 10.1. The number of hydrogen-bond donors (Lipinski definition) is 2. The number of guanidine groups is 1. The van der Waals surface area contributed by atoms with Crippen LogP contribution in [0, 0.1) is 0 Å². The van der Waals surface area contributed by atoms with Gasteiger partial charge < -0.3 is 20.5 Å². The molecule has 0 bridgehead atoms. The van der Waals surface area contributed by atoms with Gasteiger partial charge in [0, 0.05) is 18.0 Å². The minimum Gasteiger partial charge on any atom is -0.493 e. The summed E-state index contributed by atoms with van der Waals surface area (Å²) in [5.41, 5.74) is 6.45. The number of hydrogen-bond acceptors (Lipinski definition) is 5. The molecule has 1 rings (SSSR count). The minimum atomic E-state index is -3.22. The maximum atomic E-state index is 11.6. The van der Waals surface area contributed by atoms with Crippen LogP contribution in [0.3, 0.4) is 0 Å². The van der Waals surface area contributed by atoms with Crippen LogP contribution in [0.15, 0.2) is 23.2 Å². The molecule has 0 radical (unpaired) electrons. The largest absolute Gasteiger partial charge is 0.493 e. The summed E-state index contributed by atoms with van der Waals surface area (Å²) >= 11 is 0. The average Bonchev–Trinajstić information content (AvgIpc) is 2.44. The van der Waals surface area contributed by atoms with Crippen molar-refractivity contribution in [3.63, 3.8) is 0 Å². The van der Waals surface area contributed by atoms with Crippen molar-refractivity contribution in [3.05, 3.63) is 18.2 Å². The van der Waals surface area contributed by atoms with Gasteiger partial charge in [-0.2, -0.15) is 0 Å². The summed E-state index contributed by atoms with van der Waals surface area (Å²) in [5.74, 6) is 1.28. The quantitative estimate of drug-likeness (QED) is 0.384. The van der Waals surface area contributed by atoms with Gasteiger partial charge in [-0.3, -0.25) is 4.99 Å². The molecule has 23 heavy (non-hydrogen) atoms. The lowest BCUT2D eigenvalue weighted by Crippen LogP contribution is -2.36. The molecule has 0 aliphatic rings. The second-order valence-corrected chi connectivity index (χ2v) is 8.08. The van der Waals surface area contributed by atoms with Crippen LogP contribution in [0.5, 0.6) is 11.5 Å². The highest BCUT2D eigenvalue weighted by atomic mass is 127. The Bertz CT molecular complexity index is 660. The number of aliphatic imine (C=N–C) groups is 1. The summed E-state index contributed by atoms with van der Waals surface area (Å²) in [7, 11) is -0.132. The lowest BCUT2D eigenvalue weighted by Gasteiger charge is -2.20. The van der Waals surface area contributed by atoms with Gasteiger partial charge in [0.2, 0.25) is 0 Å². The van der Waals surface area contributed by atoms with Gasteiger partial charge in [0.15, 0.2) is 27.3 Å². The van der Waals surface area contributed by atoms with E-state index < -0.39 is 14.6 Å². The molecule has 0 amide bonds. The van der Waals surface area contributed by atoms with E-state index in [-0.39, 0.29) is 36.5 Å². The second-order valence-electron chi connectivity index (χ2n) is 5.43. The van der Waals surface area contributed by atoms with Gasteiger partial charge in [-0.15, -0.1) is 24.0 Å². The van der Waals surface area contributed by atoms with Crippen molar-refractivity contribution >= 4 is 45.5 Å². The van der Waals surface area contributed by atoms with Gasteiger partial charge >= 0.3 is 0 Å². The Morgan fingerprint density at radius 3 is 2.30 bits per heavy atom. The fraction of sp³-hybridized carbons (Fsp3) is 0.500. The Balaban J connectivity index is 0.00000484. The lowest BCUT2D eigenvalue weighted by atomic mass is 10.2. The molecule has 0 saturated heterocycles. The zero-order valence-corrected chi connectivity index (χ0v) is 17.1. The number of methoxy groups -OCH3 is 2. The predicted molar refractivity (Wildman–Crippen MR) is 104 cm³/mol. The SMILES string of the molecule is COc1ccc(NC(N)=NCC(C)(C)S(C)(=O)=O)cc1OC.I. The minimum absolute atomic E-state index is 0. The topological polar surface area (TPSA) is 103 Å². The van der Waals surface area contributed by atoms with Gasteiger partial charge in [0.05, 0.1) is 25.5 Å². The fourth-order valence-corrected chi connectivity index (χ4v) is 1.79. The average molecular weight is 457 g/mol. The molecule has 3 N–H and O–H groups in total. The molecule has 0 unspecified atom stereocenters. The Morgan fingerprint density at radius 2 is 1.83 bits per heavy atom. The van der Waals surface area contributed by atoms with Crippen molar-refractivity contribution in [1.29, 1.82) is 0 Å². The number of nitrogens with two attached hydrogens (primary N) is 1. The molecule has 0 fully saturated rings. The van der Waals surface area contributed by atoms with Crippen LogP contribution in [-0.2, 0) is 9.84 Å². The molecule has 132 valence electrons. The number of sulfone groups is 1. The summed E-state index contributed by atoms with van der Waals surface area (Å²) in [6.07, 6.45) is 1.18. The van der Waals surface area contributed by atoms with Crippen LogP contribution in [0.25, 0.3) is 0 Å². The Labute approximate surface area is 154 Å². The molecule has 0 aliphatic heterocycles. The zero-order valence-electron chi connectivity index (χ0n) is 13.9. The van der Waals surface area contributed by atoms with E-state index in [0.717, 1.165) is 0 Å². The van der Waals surface area contributed by atoms with Crippen LogP contribution in [-0.4, -0.2) is 46.1 Å². The summed E-state index contributed by atoms with van der Waals surface area (Å²) in [6, 6.07) is 5.20. The van der Waals surface area contributed by atoms with Gasteiger partial charge in [-0.25, -0.2) is 8.42 Å². The van der Waals surface area contributed by atoms with Gasteiger partial charge in [0.1, 0.15) is 0 Å². The van der Waals surface area contributed by atoms with Crippen molar-refractivity contribution in [2.24, 2.45) is 10.7 Å². The Morgan fingerprint density at radius 1 is 1.26 bits per heavy atom. The molecule has 0 spiro atoms. The second kappa shape index (κ2) is 8.57.